The second-order valence-electron chi connectivity index (χ2n) is 6.62. The van der Waals surface area contributed by atoms with Crippen molar-refractivity contribution in [2.75, 3.05) is 5.32 Å². The molecule has 0 radical (unpaired) electrons. The number of benzene rings is 1. The van der Waals surface area contributed by atoms with Crippen LogP contribution in [0.1, 0.15) is 39.2 Å². The highest BCUT2D eigenvalue weighted by Crippen LogP contribution is 2.27. The minimum atomic E-state index is -0.444. The Labute approximate surface area is 134 Å². The maximum atomic E-state index is 11.7. The van der Waals surface area contributed by atoms with Gasteiger partial charge in [-0.25, -0.2) is 4.79 Å². The molecule has 1 amide bonds. The number of aryl methyl sites for hydroxylation is 1. The van der Waals surface area contributed by atoms with Crippen LogP contribution in [0.25, 0.3) is 0 Å². The zero-order valence-corrected chi connectivity index (χ0v) is 14.6. The van der Waals surface area contributed by atoms with E-state index in [2.05, 4.69) is 45.6 Å². The first-order valence-corrected chi connectivity index (χ1v) is 8.04. The van der Waals surface area contributed by atoms with Crippen LogP contribution in [0.15, 0.2) is 22.7 Å². The zero-order valence-electron chi connectivity index (χ0n) is 13.0. The fraction of sp³-hybridized carbons (Fsp3) is 0.562. The molecule has 1 saturated carbocycles. The fourth-order valence-corrected chi connectivity index (χ4v) is 2.81. The van der Waals surface area contributed by atoms with Crippen LogP contribution in [0, 0.1) is 6.92 Å². The molecule has 0 aliphatic heterocycles. The summed E-state index contributed by atoms with van der Waals surface area (Å²) in [5.74, 6) is 0. The van der Waals surface area contributed by atoms with Gasteiger partial charge in [0.15, 0.2) is 0 Å². The van der Waals surface area contributed by atoms with Crippen LogP contribution in [0.3, 0.4) is 0 Å². The molecule has 1 aliphatic carbocycles. The monoisotopic (exact) mass is 354 g/mol. The molecule has 1 aromatic carbocycles. The maximum absolute atomic E-state index is 11.7. The van der Waals surface area contributed by atoms with Gasteiger partial charge >= 0.3 is 6.09 Å². The van der Waals surface area contributed by atoms with Crippen molar-refractivity contribution in [2.24, 2.45) is 0 Å². The first-order valence-electron chi connectivity index (χ1n) is 7.25. The second-order valence-corrected chi connectivity index (χ2v) is 7.53. The van der Waals surface area contributed by atoms with Gasteiger partial charge in [-0.15, -0.1) is 0 Å². The molecular formula is C16H23BrN2O2. The minimum Gasteiger partial charge on any atom is -0.444 e. The van der Waals surface area contributed by atoms with Gasteiger partial charge in [0.1, 0.15) is 5.60 Å². The Hall–Kier alpha value is -1.23. The van der Waals surface area contributed by atoms with Crippen LogP contribution < -0.4 is 10.6 Å². The minimum absolute atomic E-state index is 0.202. The number of rotatable bonds is 3. The van der Waals surface area contributed by atoms with Gasteiger partial charge in [0.05, 0.1) is 0 Å². The van der Waals surface area contributed by atoms with Crippen molar-refractivity contribution < 1.29 is 9.53 Å². The molecule has 2 N–H and O–H groups in total. The normalized spacial score (nSPS) is 21.4. The summed E-state index contributed by atoms with van der Waals surface area (Å²) >= 11 is 3.46. The number of carbonyl (C=O) groups is 1. The summed E-state index contributed by atoms with van der Waals surface area (Å²) in [5, 5.41) is 6.42. The first-order chi connectivity index (χ1) is 9.73. The molecular weight excluding hydrogens is 332 g/mol. The number of anilines is 1. The number of amides is 1. The van der Waals surface area contributed by atoms with E-state index in [0.29, 0.717) is 6.04 Å². The molecule has 0 spiro atoms. The van der Waals surface area contributed by atoms with Crippen LogP contribution in [-0.2, 0) is 4.74 Å². The predicted molar refractivity (Wildman–Crippen MR) is 88.7 cm³/mol. The highest BCUT2D eigenvalue weighted by atomic mass is 79.9. The fourth-order valence-electron chi connectivity index (χ4n) is 2.34. The third-order valence-corrected chi connectivity index (χ3v) is 3.90. The van der Waals surface area contributed by atoms with E-state index in [1.165, 1.54) is 5.56 Å². The van der Waals surface area contributed by atoms with E-state index in [9.17, 15) is 4.79 Å². The molecule has 0 bridgehead atoms. The van der Waals surface area contributed by atoms with Crippen LogP contribution >= 0.6 is 15.9 Å². The van der Waals surface area contributed by atoms with E-state index >= 15 is 0 Å². The molecule has 1 aromatic rings. The highest BCUT2D eigenvalue weighted by Gasteiger charge is 2.31. The summed E-state index contributed by atoms with van der Waals surface area (Å²) in [5.41, 5.74) is 1.92. The van der Waals surface area contributed by atoms with Gasteiger partial charge in [0.2, 0.25) is 0 Å². The highest BCUT2D eigenvalue weighted by molar-refractivity contribution is 9.10. The molecule has 4 nitrogen and oxygen atoms in total. The Morgan fingerprint density at radius 2 is 1.95 bits per heavy atom. The summed E-state index contributed by atoms with van der Waals surface area (Å²) in [6, 6.07) is 6.81. The molecule has 21 heavy (non-hydrogen) atoms. The van der Waals surface area contributed by atoms with Crippen LogP contribution in [0.2, 0.25) is 0 Å². The van der Waals surface area contributed by atoms with Gasteiger partial charge in [-0.3, -0.25) is 0 Å². The summed E-state index contributed by atoms with van der Waals surface area (Å²) in [6.07, 6.45) is 1.52. The average Bonchev–Trinajstić information content (AvgIpc) is 2.26. The number of carbonyl (C=O) groups excluding carboxylic acids is 1. The van der Waals surface area contributed by atoms with Crippen molar-refractivity contribution in [3.63, 3.8) is 0 Å². The van der Waals surface area contributed by atoms with Gasteiger partial charge in [-0.1, -0.05) is 15.9 Å². The quantitative estimate of drug-likeness (QED) is 0.853. The summed E-state index contributed by atoms with van der Waals surface area (Å²) in [4.78, 5) is 11.7. The largest absolute Gasteiger partial charge is 0.444 e. The molecule has 5 heteroatoms. The molecule has 0 atom stereocenters. The third kappa shape index (κ3) is 4.92. The van der Waals surface area contributed by atoms with Crippen molar-refractivity contribution in [3.8, 4) is 0 Å². The number of alkyl carbamates (subject to hydrolysis) is 1. The SMILES string of the molecule is Cc1cc(Br)ccc1NC1CC(NC(=O)OC(C)(C)C)C1. The van der Waals surface area contributed by atoms with Gasteiger partial charge in [-0.05, 0) is 64.3 Å². The molecule has 1 fully saturated rings. The van der Waals surface area contributed by atoms with Crippen LogP contribution in [0.4, 0.5) is 10.5 Å². The van der Waals surface area contributed by atoms with Crippen molar-refractivity contribution >= 4 is 27.7 Å². The van der Waals surface area contributed by atoms with Gasteiger partial charge < -0.3 is 15.4 Å². The lowest BCUT2D eigenvalue weighted by molar-refractivity contribution is 0.0475. The van der Waals surface area contributed by atoms with E-state index in [1.807, 2.05) is 26.8 Å². The van der Waals surface area contributed by atoms with E-state index in [4.69, 9.17) is 4.74 Å². The molecule has 1 aliphatic rings. The summed E-state index contributed by atoms with van der Waals surface area (Å²) in [6.45, 7) is 7.69. The smallest absolute Gasteiger partial charge is 0.407 e. The van der Waals surface area contributed by atoms with E-state index in [-0.39, 0.29) is 12.1 Å². The second kappa shape index (κ2) is 6.26. The van der Waals surface area contributed by atoms with Gasteiger partial charge in [0, 0.05) is 22.2 Å². The zero-order chi connectivity index (χ0) is 15.6. The molecule has 0 saturated heterocycles. The number of ether oxygens (including phenoxy) is 1. The van der Waals surface area contributed by atoms with Gasteiger partial charge in [-0.2, -0.15) is 0 Å². The number of halogens is 1. The van der Waals surface area contributed by atoms with Crippen LogP contribution in [-0.4, -0.2) is 23.8 Å². The number of nitrogens with one attached hydrogen (secondary N) is 2. The maximum Gasteiger partial charge on any atom is 0.407 e. The molecule has 0 unspecified atom stereocenters. The Kier molecular flexibility index (Phi) is 4.81. The average molecular weight is 355 g/mol. The first kappa shape index (κ1) is 16.1. The van der Waals surface area contributed by atoms with Crippen molar-refractivity contribution in [3.05, 3.63) is 28.2 Å². The Bertz CT molecular complexity index is 519. The third-order valence-electron chi connectivity index (χ3n) is 3.41. The molecule has 0 heterocycles. The molecule has 2 rings (SSSR count). The lowest BCUT2D eigenvalue weighted by Gasteiger charge is -2.37. The van der Waals surface area contributed by atoms with Crippen LogP contribution in [0.5, 0.6) is 0 Å². The number of hydrogen-bond donors (Lipinski definition) is 2. The lowest BCUT2D eigenvalue weighted by Crippen LogP contribution is -2.50. The predicted octanol–water partition coefficient (Wildman–Crippen LogP) is 4.23. The Morgan fingerprint density at radius 1 is 1.29 bits per heavy atom. The van der Waals surface area contributed by atoms with Gasteiger partial charge in [0.25, 0.3) is 0 Å². The summed E-state index contributed by atoms with van der Waals surface area (Å²) in [7, 11) is 0. The molecule has 116 valence electrons. The van der Waals surface area contributed by atoms with E-state index < -0.39 is 5.60 Å². The summed E-state index contributed by atoms with van der Waals surface area (Å²) < 4.78 is 6.34. The Morgan fingerprint density at radius 3 is 2.52 bits per heavy atom. The van der Waals surface area contributed by atoms with E-state index in [0.717, 1.165) is 23.0 Å². The molecule has 0 aromatic heterocycles. The lowest BCUT2D eigenvalue weighted by atomic mass is 9.86. The number of hydrogen-bond acceptors (Lipinski definition) is 3. The van der Waals surface area contributed by atoms with Crippen molar-refractivity contribution in [1.29, 1.82) is 0 Å². The van der Waals surface area contributed by atoms with Crippen molar-refractivity contribution in [1.82, 2.24) is 5.32 Å². The topological polar surface area (TPSA) is 50.4 Å². The standard InChI is InChI=1S/C16H23BrN2O2/c1-10-7-11(17)5-6-14(10)18-12-8-13(9-12)19-15(20)21-16(2,3)4/h5-7,12-13,18H,8-9H2,1-4H3,(H,19,20). The van der Waals surface area contributed by atoms with E-state index in [1.54, 1.807) is 0 Å². The van der Waals surface area contributed by atoms with Crippen molar-refractivity contribution in [2.45, 2.75) is 58.2 Å². The Balaban J connectivity index is 1.75.